The van der Waals surface area contributed by atoms with E-state index < -0.39 is 92.2 Å². The fourth-order valence-corrected chi connectivity index (χ4v) is 10.5. The molecule has 4 heterocycles. The number of unbranched alkanes of at least 4 members (excludes halogenated alkanes) is 9. The molecule has 0 aromatic carbocycles. The molecule has 5 rings (SSSR count). The molecule has 20 nitrogen and oxygen atoms in total. The van der Waals surface area contributed by atoms with Crippen molar-refractivity contribution in [3.63, 3.8) is 0 Å². The summed E-state index contributed by atoms with van der Waals surface area (Å²) >= 11 is 1.90. The molecule has 0 unspecified atom stereocenters. The molecule has 5 fully saturated rings. The first-order valence-corrected chi connectivity index (χ1v) is 23.5. The van der Waals surface area contributed by atoms with E-state index in [2.05, 4.69) is 21.3 Å². The molecule has 352 valence electrons. The van der Waals surface area contributed by atoms with Crippen LogP contribution in [0.5, 0.6) is 0 Å². The van der Waals surface area contributed by atoms with Gasteiger partial charge in [-0.2, -0.15) is 11.8 Å². The maximum atomic E-state index is 12.6. The number of hydrogen-bond donors (Lipinski definition) is 13. The number of nitrogens with one attached hydrogen (secondary N) is 4. The summed E-state index contributed by atoms with van der Waals surface area (Å²) in [6, 6.07) is -3.14. The Morgan fingerprint density at radius 1 is 0.705 bits per heavy atom. The summed E-state index contributed by atoms with van der Waals surface area (Å²) in [6.45, 7) is 0.159. The number of amides is 4. The largest absolute Gasteiger partial charge is 0.394 e. The van der Waals surface area contributed by atoms with Crippen molar-refractivity contribution in [2.75, 3.05) is 25.4 Å². The standard InChI is InChI=1S/C40H74N8O12S/c41-21-16-22(42)37(60-39-34(54)31(44)33(53)27(19-49)58-39)35(55)36(21)59-38-23(43)17-25(50)26(57-38)18-46-30(52)13-8-6-4-2-1-3-5-7-11-15-45-29(51)14-10-9-12-28-32-24(20-61-28)47-40(56)48-32/h21-28,31-39,49-50,53-55H,1-20,41-44H2,(H,45,51)(H,46,52)(H2,47,48,56)/t21-,22-,23-,24+,25+,26+,27-,28+,31+,32+,33-,34-,35+,36-,37-,38-,39-/m1/s1. The summed E-state index contributed by atoms with van der Waals surface area (Å²) < 4.78 is 23.5. The molecule has 4 aliphatic heterocycles. The third-order valence-electron chi connectivity index (χ3n) is 12.7. The van der Waals surface area contributed by atoms with Gasteiger partial charge in [0.1, 0.15) is 42.7 Å². The number of ether oxygens (including phenoxy) is 4. The third-order valence-corrected chi connectivity index (χ3v) is 14.2. The lowest BCUT2D eigenvalue weighted by atomic mass is 9.84. The summed E-state index contributed by atoms with van der Waals surface area (Å²) in [5.74, 6) is 0.913. The molecule has 0 bridgehead atoms. The lowest BCUT2D eigenvalue weighted by Gasteiger charge is -2.47. The van der Waals surface area contributed by atoms with Gasteiger partial charge in [-0.1, -0.05) is 51.4 Å². The Morgan fingerprint density at radius 2 is 1.30 bits per heavy atom. The van der Waals surface area contributed by atoms with Crippen molar-refractivity contribution in [3.8, 4) is 0 Å². The number of carbonyl (C=O) groups is 3. The summed E-state index contributed by atoms with van der Waals surface area (Å²) in [4.78, 5) is 36.4. The molecule has 0 radical (unpaired) electrons. The molecule has 17 atom stereocenters. The van der Waals surface area contributed by atoms with Crippen LogP contribution in [0.3, 0.4) is 0 Å². The van der Waals surface area contributed by atoms with E-state index in [-0.39, 0.29) is 49.3 Å². The van der Waals surface area contributed by atoms with Gasteiger partial charge in [0.05, 0.1) is 36.9 Å². The fourth-order valence-electron chi connectivity index (χ4n) is 8.94. The maximum Gasteiger partial charge on any atom is 0.315 e. The minimum atomic E-state index is -1.49. The highest BCUT2D eigenvalue weighted by molar-refractivity contribution is 8.00. The van der Waals surface area contributed by atoms with E-state index in [1.54, 1.807) is 0 Å². The molecule has 0 aromatic rings. The summed E-state index contributed by atoms with van der Waals surface area (Å²) in [7, 11) is 0. The average molecular weight is 891 g/mol. The van der Waals surface area contributed by atoms with Crippen LogP contribution >= 0.6 is 11.8 Å². The highest BCUT2D eigenvalue weighted by atomic mass is 32.2. The third kappa shape index (κ3) is 14.5. The summed E-state index contributed by atoms with van der Waals surface area (Å²) in [5.41, 5.74) is 24.8. The number of hydrogen-bond acceptors (Lipinski definition) is 17. The fraction of sp³-hybridized carbons (Fsp3) is 0.925. The van der Waals surface area contributed by atoms with E-state index in [4.69, 9.17) is 41.9 Å². The van der Waals surface area contributed by atoms with Crippen LogP contribution in [-0.2, 0) is 28.5 Å². The smallest absolute Gasteiger partial charge is 0.315 e. The van der Waals surface area contributed by atoms with Gasteiger partial charge in [0.2, 0.25) is 11.8 Å². The van der Waals surface area contributed by atoms with E-state index >= 15 is 0 Å². The quantitative estimate of drug-likeness (QED) is 0.0355. The van der Waals surface area contributed by atoms with E-state index in [1.807, 2.05) is 11.8 Å². The molecule has 1 saturated carbocycles. The lowest BCUT2D eigenvalue weighted by molar-refractivity contribution is -0.315. The van der Waals surface area contributed by atoms with Gasteiger partial charge < -0.3 is 88.7 Å². The molecule has 0 spiro atoms. The average Bonchev–Trinajstić information content (AvgIpc) is 3.79. The van der Waals surface area contributed by atoms with E-state index in [1.165, 1.54) is 0 Å². The first kappa shape index (κ1) is 50.0. The Hall–Kier alpha value is -1.96. The minimum absolute atomic E-state index is 0.0305. The van der Waals surface area contributed by atoms with Gasteiger partial charge in [-0.25, -0.2) is 4.79 Å². The summed E-state index contributed by atoms with van der Waals surface area (Å²) in [5, 5.41) is 64.6. The van der Waals surface area contributed by atoms with Crippen LogP contribution in [0, 0.1) is 0 Å². The molecule has 1 aliphatic carbocycles. The number of carbonyl (C=O) groups excluding carboxylic acids is 3. The number of rotatable bonds is 24. The number of aliphatic hydroxyl groups is 5. The zero-order valence-electron chi connectivity index (χ0n) is 35.3. The molecule has 4 amide bonds. The molecule has 0 aromatic heterocycles. The Kier molecular flexibility index (Phi) is 20.4. The van der Waals surface area contributed by atoms with Crippen LogP contribution in [0.1, 0.15) is 103 Å². The zero-order chi connectivity index (χ0) is 44.1. The van der Waals surface area contributed by atoms with Gasteiger partial charge in [0.25, 0.3) is 0 Å². The van der Waals surface area contributed by atoms with Crippen LogP contribution in [0.2, 0.25) is 0 Å². The SMILES string of the molecule is N[C@@H]1[C@@H](O)[C@@H](O[C@H]2[C@@H](O)[C@H](O[C@H]3O[C@@H](CNC(=O)CCCCCCCCCCCNC(=O)CCCC[C@@H]4SC[C@@H]5NC(=O)N[C@@H]54)[C@@H](O)C[C@H]3N)[C@H](N)C[C@H]2N)O[C@H](CO)[C@H]1O. The molecule has 4 saturated heterocycles. The molecular weight excluding hydrogens is 817 g/mol. The van der Waals surface area contributed by atoms with Crippen LogP contribution in [0.25, 0.3) is 0 Å². The number of aliphatic hydroxyl groups excluding tert-OH is 5. The van der Waals surface area contributed by atoms with Gasteiger partial charge >= 0.3 is 6.03 Å². The van der Waals surface area contributed by atoms with Crippen molar-refractivity contribution in [2.24, 2.45) is 22.9 Å². The van der Waals surface area contributed by atoms with Gasteiger partial charge in [-0.15, -0.1) is 0 Å². The van der Waals surface area contributed by atoms with Gasteiger partial charge in [-0.05, 0) is 38.5 Å². The molecule has 61 heavy (non-hydrogen) atoms. The Morgan fingerprint density at radius 3 is 1.97 bits per heavy atom. The number of thioether (sulfide) groups is 1. The van der Waals surface area contributed by atoms with Crippen molar-refractivity contribution < 1.29 is 58.9 Å². The number of nitrogens with two attached hydrogens (primary N) is 4. The van der Waals surface area contributed by atoms with Gasteiger partial charge in [-0.3, -0.25) is 9.59 Å². The van der Waals surface area contributed by atoms with Crippen molar-refractivity contribution in [3.05, 3.63) is 0 Å². The zero-order valence-corrected chi connectivity index (χ0v) is 36.1. The van der Waals surface area contributed by atoms with Gasteiger partial charge in [0.15, 0.2) is 12.6 Å². The first-order valence-electron chi connectivity index (χ1n) is 22.5. The Bertz CT molecular complexity index is 1360. The monoisotopic (exact) mass is 891 g/mol. The second kappa shape index (κ2) is 24.9. The Labute approximate surface area is 363 Å². The summed E-state index contributed by atoms with van der Waals surface area (Å²) in [6.07, 6.45) is 1.36. The molecule has 17 N–H and O–H groups in total. The van der Waals surface area contributed by atoms with Crippen LogP contribution in [0.4, 0.5) is 4.79 Å². The van der Waals surface area contributed by atoms with Crippen LogP contribution in [-0.4, -0.2) is 172 Å². The highest BCUT2D eigenvalue weighted by Crippen LogP contribution is 2.34. The first-order chi connectivity index (χ1) is 29.3. The molecular formula is C40H74N8O12S. The molecule has 5 aliphatic rings. The van der Waals surface area contributed by atoms with E-state index in [0.717, 1.165) is 82.8 Å². The topological polar surface area (TPSA) is 341 Å². The lowest BCUT2D eigenvalue weighted by Crippen LogP contribution is -2.68. The van der Waals surface area contributed by atoms with Crippen molar-refractivity contribution >= 4 is 29.6 Å². The van der Waals surface area contributed by atoms with Crippen LogP contribution < -0.4 is 44.2 Å². The molecule has 21 heteroatoms. The van der Waals surface area contributed by atoms with Crippen molar-refractivity contribution in [1.29, 1.82) is 0 Å². The van der Waals surface area contributed by atoms with Crippen molar-refractivity contribution in [1.82, 2.24) is 21.3 Å². The highest BCUT2D eigenvalue weighted by Gasteiger charge is 2.50. The Balaban J connectivity index is 0.876. The minimum Gasteiger partial charge on any atom is -0.394 e. The maximum absolute atomic E-state index is 12.6. The van der Waals surface area contributed by atoms with Crippen molar-refractivity contribution in [2.45, 2.75) is 206 Å². The van der Waals surface area contributed by atoms with Gasteiger partial charge in [0, 0.05) is 49.0 Å². The second-order valence-corrected chi connectivity index (χ2v) is 18.8. The predicted octanol–water partition coefficient (Wildman–Crippen LogP) is -2.40. The predicted molar refractivity (Wildman–Crippen MR) is 225 cm³/mol. The number of urea groups is 1. The second-order valence-electron chi connectivity index (χ2n) is 17.5. The van der Waals surface area contributed by atoms with E-state index in [0.29, 0.717) is 24.6 Å². The van der Waals surface area contributed by atoms with E-state index in [9.17, 15) is 39.9 Å². The normalized spacial score (nSPS) is 38.7. The van der Waals surface area contributed by atoms with Crippen LogP contribution in [0.15, 0.2) is 0 Å². The number of fused-ring (bicyclic) bond motifs is 1.